The second-order valence-corrected chi connectivity index (χ2v) is 25.5. The van der Waals surface area contributed by atoms with E-state index in [4.69, 9.17) is 60.9 Å². The van der Waals surface area contributed by atoms with E-state index in [0.717, 1.165) is 0 Å². The number of ether oxygens (including phenoxy) is 10. The number of hydrogen-bond acceptors (Lipinski definition) is 22. The fourth-order valence-electron chi connectivity index (χ4n) is 13.3. The third-order valence-corrected chi connectivity index (χ3v) is 18.4. The first-order chi connectivity index (χ1) is 55.6. The first-order valence-electron chi connectivity index (χ1n) is 35.3. The number of fused-ring (bicyclic) bond motifs is 6. The molecule has 5 heterocycles. The highest BCUT2D eigenvalue weighted by molar-refractivity contribution is 6.10. The molecule has 115 heavy (non-hydrogen) atoms. The average molecular weight is 1570 g/mol. The number of carbonyl (C=O) groups is 4. The number of aromatic nitrogens is 5. The number of pyridine rings is 2. The number of benzene rings is 9. The van der Waals surface area contributed by atoms with Crippen LogP contribution in [0.25, 0.3) is 66.2 Å². The summed E-state index contributed by atoms with van der Waals surface area (Å²) in [5, 5.41) is 24.7. The predicted molar refractivity (Wildman–Crippen MR) is 427 cm³/mol. The van der Waals surface area contributed by atoms with Gasteiger partial charge < -0.3 is 82.2 Å². The summed E-state index contributed by atoms with van der Waals surface area (Å²) in [4.78, 5) is 79.0. The maximum atomic E-state index is 14.9. The Hall–Kier alpha value is -14.7. The molecule has 4 N–H and O–H groups in total. The number of nitrogens with one attached hydrogen (secondary N) is 4. The van der Waals surface area contributed by atoms with Crippen LogP contribution in [-0.4, -0.2) is 119 Å². The largest absolute Gasteiger partial charge is 0.496 e. The van der Waals surface area contributed by atoms with Crippen LogP contribution < -0.4 is 79.8 Å². The molecule has 0 bridgehead atoms. The maximum absolute atomic E-state index is 14.9. The highest BCUT2D eigenvalue weighted by Crippen LogP contribution is 2.43. The van der Waals surface area contributed by atoms with Crippen molar-refractivity contribution in [3.8, 4) is 80.1 Å². The van der Waals surface area contributed by atoms with Gasteiger partial charge in [0, 0.05) is 76.1 Å². The van der Waals surface area contributed by atoms with Crippen LogP contribution in [0.4, 0.5) is 31.5 Å². The number of amides is 4. The van der Waals surface area contributed by atoms with Gasteiger partial charge in [0.25, 0.3) is 17.0 Å². The van der Waals surface area contributed by atoms with Gasteiger partial charge in [-0.05, 0) is 110 Å². The second-order valence-electron chi connectivity index (χ2n) is 25.5. The van der Waals surface area contributed by atoms with Crippen molar-refractivity contribution in [1.82, 2.24) is 24.6 Å². The molecule has 0 aliphatic heterocycles. The molecule has 0 radical (unpaired) electrons. The van der Waals surface area contributed by atoms with Crippen molar-refractivity contribution in [3.63, 3.8) is 0 Å². The molecule has 9 aromatic carbocycles. The Balaban J connectivity index is 0.000000159. The van der Waals surface area contributed by atoms with Crippen molar-refractivity contribution in [2.24, 2.45) is 0 Å². The maximum Gasteiger partial charge on any atom is 0.268 e. The molecule has 0 aliphatic rings. The summed E-state index contributed by atoms with van der Waals surface area (Å²) < 4.78 is 102. The fourth-order valence-corrected chi connectivity index (χ4v) is 13.3. The minimum absolute atomic E-state index is 0.0140. The molecular weight excluding hydrogens is 1490 g/mol. The monoisotopic (exact) mass is 1570 g/mol. The van der Waals surface area contributed by atoms with Gasteiger partial charge in [-0.2, -0.15) is 0 Å². The molecular formula is C85H77F2N9O19. The van der Waals surface area contributed by atoms with Gasteiger partial charge in [0.2, 0.25) is 35.0 Å². The topological polar surface area (TPSA) is 331 Å². The summed E-state index contributed by atoms with van der Waals surface area (Å²) in [6.45, 7) is 4.89. The molecule has 0 saturated heterocycles. The molecule has 0 unspecified atom stereocenters. The molecule has 5 aromatic heterocycles. The van der Waals surface area contributed by atoms with E-state index < -0.39 is 23.1 Å². The Labute approximate surface area is 654 Å². The summed E-state index contributed by atoms with van der Waals surface area (Å²) in [5.74, 6) is 2.87. The molecule has 0 spiro atoms. The lowest BCUT2D eigenvalue weighted by molar-refractivity contribution is -0.116. The van der Waals surface area contributed by atoms with Crippen molar-refractivity contribution in [3.05, 3.63) is 242 Å². The van der Waals surface area contributed by atoms with Gasteiger partial charge in [0.05, 0.1) is 112 Å². The molecule has 0 saturated carbocycles. The minimum Gasteiger partial charge on any atom is -0.496 e. The highest BCUT2D eigenvalue weighted by atomic mass is 19.1. The van der Waals surface area contributed by atoms with Crippen LogP contribution in [0.15, 0.2) is 193 Å². The Bertz CT molecular complexity index is 6110. The minimum atomic E-state index is -0.519. The van der Waals surface area contributed by atoms with E-state index in [2.05, 4.69) is 36.7 Å². The Morgan fingerprint density at radius 1 is 0.365 bits per heavy atom. The van der Waals surface area contributed by atoms with Crippen molar-refractivity contribution in [2.45, 2.75) is 40.0 Å². The molecule has 14 rings (SSSR count). The number of methoxy groups -OCH3 is 10. The van der Waals surface area contributed by atoms with Crippen molar-refractivity contribution >= 4 is 90.0 Å². The zero-order valence-corrected chi connectivity index (χ0v) is 64.5. The smallest absolute Gasteiger partial charge is 0.268 e. The number of nitrogens with zero attached hydrogens (tertiary/aromatic N) is 5. The molecule has 0 fully saturated rings. The molecule has 590 valence electrons. The number of rotatable bonds is 24. The standard InChI is InChI=1S/C29H27N3O7.C28H24FN3O6.C28H26FN3O6/c1-16-25-27(31-39-16)26-20(10-7-11-21(26)35-2)32(29(25)34)19-9-6-8-17(12-19)13-24(33)30-18-14-22(36-3)28(38-5)23(15-18)37-4;1-15-24-26(31-38-15)25-19(29)9-6-10-20(25)32(28(24)34)18-8-5-7-16(11-18)12-23(33)30-17-13-21(35-2)27(37-4)22(14-17)36-3;1-16-25(26(32-38-16)20-10-5-6-11-21(20)29)28(34)31-18-9-7-8-17(12-18)13-24(33)30-19-14-22(35-2)27(37-4)23(15-19)36-3/h6-12,14-15H,13H2,1-5H3,(H,30,33);5-11,13-14H,12H2,1-4H3,(H,30,33);5-12,14-15H,13H2,1-4H3,(H,30,33)(H,31,34). The van der Waals surface area contributed by atoms with E-state index in [1.54, 1.807) is 142 Å². The lowest BCUT2D eigenvalue weighted by Gasteiger charge is -2.15. The van der Waals surface area contributed by atoms with Crippen LogP contribution in [0.5, 0.6) is 57.5 Å². The molecule has 0 aliphatic carbocycles. The molecule has 28 nitrogen and oxygen atoms in total. The lowest BCUT2D eigenvalue weighted by Crippen LogP contribution is -2.20. The van der Waals surface area contributed by atoms with Gasteiger partial charge in [-0.25, -0.2) is 8.78 Å². The van der Waals surface area contributed by atoms with E-state index in [-0.39, 0.29) is 81.4 Å². The van der Waals surface area contributed by atoms with Crippen LogP contribution in [0, 0.1) is 32.4 Å². The Kier molecular flexibility index (Phi) is 24.4. The van der Waals surface area contributed by atoms with Crippen LogP contribution >= 0.6 is 0 Å². The van der Waals surface area contributed by atoms with Gasteiger partial charge in [-0.15, -0.1) is 0 Å². The van der Waals surface area contributed by atoms with Crippen LogP contribution in [0.3, 0.4) is 0 Å². The molecule has 30 heteroatoms. The first-order valence-corrected chi connectivity index (χ1v) is 35.3. The van der Waals surface area contributed by atoms with E-state index >= 15 is 0 Å². The quantitative estimate of drug-likeness (QED) is 0.0436. The van der Waals surface area contributed by atoms with Crippen LogP contribution in [-0.2, 0) is 33.6 Å². The lowest BCUT2D eigenvalue weighted by atomic mass is 10.0. The SMILES string of the molecule is COc1cc(NC(=O)Cc2cccc(-n3c(=O)c4c(C)onc4c4c(F)cccc43)c2)cc(OC)c1OC.COc1cc(NC(=O)Cc2cccc(-n3c(=O)c4c(C)onc4c4c(OC)cccc43)c2)cc(OC)c1OC.COc1cc(NC(=O)Cc2cccc(NC(=O)c3c(-c4ccccc4F)noc3C)c2)cc(OC)c1OC. The van der Waals surface area contributed by atoms with Crippen LogP contribution in [0.1, 0.15) is 44.3 Å². The van der Waals surface area contributed by atoms with E-state index in [0.29, 0.717) is 147 Å². The van der Waals surface area contributed by atoms with Crippen molar-refractivity contribution in [1.29, 1.82) is 0 Å². The summed E-state index contributed by atoms with van der Waals surface area (Å²) in [6, 6.07) is 46.8. The van der Waals surface area contributed by atoms with E-state index in [1.807, 2.05) is 36.4 Å². The van der Waals surface area contributed by atoms with Gasteiger partial charge >= 0.3 is 0 Å². The summed E-state index contributed by atoms with van der Waals surface area (Å²) in [5.41, 5.74) is 6.27. The van der Waals surface area contributed by atoms with Crippen molar-refractivity contribution in [2.75, 3.05) is 92.4 Å². The molecule has 0 atom stereocenters. The number of carbonyl (C=O) groups excluding carboxylic acids is 4. The third-order valence-electron chi connectivity index (χ3n) is 18.4. The summed E-state index contributed by atoms with van der Waals surface area (Å²) in [6.07, 6.45) is 0.113. The zero-order valence-electron chi connectivity index (χ0n) is 64.5. The third kappa shape index (κ3) is 16.7. The zero-order chi connectivity index (χ0) is 81.9. The molecule has 14 aromatic rings. The van der Waals surface area contributed by atoms with Gasteiger partial charge in [-0.1, -0.05) is 76.1 Å². The number of hydrogen-bond donors (Lipinski definition) is 4. The van der Waals surface area contributed by atoms with Gasteiger partial charge in [-0.3, -0.25) is 37.9 Å². The number of anilines is 4. The number of aryl methyl sites for hydroxylation is 3. The highest BCUT2D eigenvalue weighted by Gasteiger charge is 2.27. The van der Waals surface area contributed by atoms with E-state index in [1.165, 1.54) is 92.8 Å². The Morgan fingerprint density at radius 3 is 1.17 bits per heavy atom. The fraction of sp³-hybridized carbons (Fsp3) is 0.188. The Morgan fingerprint density at radius 2 is 0.739 bits per heavy atom. The van der Waals surface area contributed by atoms with Gasteiger partial charge in [0.15, 0.2) is 34.5 Å². The number of halogens is 2. The molecule has 4 amide bonds. The van der Waals surface area contributed by atoms with Gasteiger partial charge in [0.1, 0.15) is 67.7 Å². The average Bonchev–Trinajstić information content (AvgIpc) is 1.68. The summed E-state index contributed by atoms with van der Waals surface area (Å²) in [7, 11) is 15.0. The second kappa shape index (κ2) is 35.1. The van der Waals surface area contributed by atoms with Crippen LogP contribution in [0.2, 0.25) is 0 Å². The normalized spacial score (nSPS) is 10.9. The summed E-state index contributed by atoms with van der Waals surface area (Å²) >= 11 is 0. The predicted octanol–water partition coefficient (Wildman–Crippen LogP) is 14.7. The van der Waals surface area contributed by atoms with E-state index in [9.17, 15) is 37.5 Å². The first kappa shape index (κ1) is 79.8. The van der Waals surface area contributed by atoms with Crippen molar-refractivity contribution < 1.29 is 88.9 Å².